The molecule has 1 N–H and O–H groups in total. The molecule has 0 aromatic carbocycles. The summed E-state index contributed by atoms with van der Waals surface area (Å²) in [4.78, 5) is 18.2. The van der Waals surface area contributed by atoms with E-state index >= 15 is 0 Å². The van der Waals surface area contributed by atoms with Crippen molar-refractivity contribution >= 4 is 11.9 Å². The molecule has 1 amide bonds. The second-order valence-electron chi connectivity index (χ2n) is 6.87. The zero-order valence-electron chi connectivity index (χ0n) is 13.4. The molecule has 5 heteroatoms. The molecule has 0 saturated carbocycles. The van der Waals surface area contributed by atoms with Gasteiger partial charge in [0.1, 0.15) is 11.4 Å². The molecule has 0 aromatic heterocycles. The van der Waals surface area contributed by atoms with E-state index in [2.05, 4.69) is 28.5 Å². The third kappa shape index (κ3) is 3.08. The Balaban J connectivity index is 1.64. The van der Waals surface area contributed by atoms with Gasteiger partial charge in [0.2, 0.25) is 0 Å². The summed E-state index contributed by atoms with van der Waals surface area (Å²) in [5, 5.41) is 3.19. The van der Waals surface area contributed by atoms with Gasteiger partial charge in [0.15, 0.2) is 0 Å². The van der Waals surface area contributed by atoms with Crippen molar-refractivity contribution in [3.8, 4) is 0 Å². The van der Waals surface area contributed by atoms with Crippen LogP contribution >= 0.6 is 0 Å². The Morgan fingerprint density at radius 2 is 2.18 bits per heavy atom. The number of aliphatic imine (C=N–C) groups is 1. The lowest BCUT2D eigenvalue weighted by Gasteiger charge is -2.32. The van der Waals surface area contributed by atoms with Gasteiger partial charge in [0.05, 0.1) is 0 Å². The third-order valence-electron chi connectivity index (χ3n) is 4.07. The number of amidine groups is 1. The number of fused-ring (bicyclic) bond motifs is 1. The van der Waals surface area contributed by atoms with Crippen molar-refractivity contribution in [3.05, 3.63) is 36.2 Å². The lowest BCUT2D eigenvalue weighted by molar-refractivity contribution is 0.0264. The minimum atomic E-state index is -0.446. The van der Waals surface area contributed by atoms with E-state index in [0.717, 1.165) is 12.3 Å². The van der Waals surface area contributed by atoms with Gasteiger partial charge in [-0.3, -0.25) is 0 Å². The molecule has 0 spiro atoms. The number of rotatable bonds is 1. The van der Waals surface area contributed by atoms with Gasteiger partial charge in [-0.25, -0.2) is 9.79 Å². The highest BCUT2D eigenvalue weighted by Gasteiger charge is 2.32. The maximum absolute atomic E-state index is 12.1. The van der Waals surface area contributed by atoms with Crippen molar-refractivity contribution in [1.29, 1.82) is 0 Å². The Bertz CT molecular complexity index is 581. The van der Waals surface area contributed by atoms with Crippen LogP contribution in [-0.2, 0) is 4.74 Å². The van der Waals surface area contributed by atoms with Gasteiger partial charge in [0.25, 0.3) is 0 Å². The molecule has 0 aromatic rings. The van der Waals surface area contributed by atoms with Gasteiger partial charge >= 0.3 is 6.09 Å². The number of nitrogens with one attached hydrogen (secondary N) is 1. The number of allylic oxidation sites excluding steroid dienone is 1. The molecule has 3 heterocycles. The fourth-order valence-corrected chi connectivity index (χ4v) is 3.01. The topological polar surface area (TPSA) is 53.9 Å². The zero-order chi connectivity index (χ0) is 15.7. The first kappa shape index (κ1) is 14.9. The van der Waals surface area contributed by atoms with Crippen LogP contribution < -0.4 is 5.32 Å². The van der Waals surface area contributed by atoms with Gasteiger partial charge in [-0.05, 0) is 33.4 Å². The van der Waals surface area contributed by atoms with Crippen LogP contribution in [0.25, 0.3) is 0 Å². The van der Waals surface area contributed by atoms with Gasteiger partial charge in [0, 0.05) is 31.1 Å². The number of hydrogen-bond donors (Lipinski definition) is 1. The van der Waals surface area contributed by atoms with E-state index in [1.54, 1.807) is 4.90 Å². The second-order valence-corrected chi connectivity index (χ2v) is 6.87. The first-order valence-electron chi connectivity index (χ1n) is 7.78. The summed E-state index contributed by atoms with van der Waals surface area (Å²) in [6.07, 6.45) is 11.0. The monoisotopic (exact) mass is 301 g/mol. The molecule has 3 aliphatic rings. The summed E-state index contributed by atoms with van der Waals surface area (Å²) in [5.41, 5.74) is 0.931. The molecular weight excluding hydrogens is 278 g/mol. The van der Waals surface area contributed by atoms with Crippen molar-refractivity contribution in [2.75, 3.05) is 13.1 Å². The third-order valence-corrected chi connectivity index (χ3v) is 4.07. The van der Waals surface area contributed by atoms with Crippen LogP contribution in [0.2, 0.25) is 0 Å². The predicted molar refractivity (Wildman–Crippen MR) is 86.3 cm³/mol. The molecule has 2 unspecified atom stereocenters. The van der Waals surface area contributed by atoms with Gasteiger partial charge in [-0.15, -0.1) is 0 Å². The van der Waals surface area contributed by atoms with E-state index in [4.69, 9.17) is 4.74 Å². The average Bonchev–Trinajstić information content (AvgIpc) is 2.94. The van der Waals surface area contributed by atoms with E-state index in [1.807, 2.05) is 33.2 Å². The van der Waals surface area contributed by atoms with Crippen LogP contribution in [0.15, 0.2) is 41.2 Å². The van der Waals surface area contributed by atoms with Crippen LogP contribution in [0.3, 0.4) is 0 Å². The highest BCUT2D eigenvalue weighted by atomic mass is 16.6. The Kier molecular flexibility index (Phi) is 3.81. The zero-order valence-corrected chi connectivity index (χ0v) is 13.4. The number of amides is 1. The summed E-state index contributed by atoms with van der Waals surface area (Å²) in [6.45, 7) is 7.00. The highest BCUT2D eigenvalue weighted by molar-refractivity contribution is 5.91. The first-order chi connectivity index (χ1) is 10.4. The summed E-state index contributed by atoms with van der Waals surface area (Å²) in [6, 6.07) is 0. The fraction of sp³-hybridized carbons (Fsp3) is 0.529. The lowest BCUT2D eigenvalue weighted by atomic mass is 9.82. The molecule has 22 heavy (non-hydrogen) atoms. The van der Waals surface area contributed by atoms with Crippen molar-refractivity contribution in [2.45, 2.75) is 32.8 Å². The molecule has 0 saturated heterocycles. The smallest absolute Gasteiger partial charge is 0.410 e. The Hall–Kier alpha value is -2.04. The van der Waals surface area contributed by atoms with E-state index in [-0.39, 0.29) is 6.09 Å². The number of nitrogens with zero attached hydrogens (tertiary/aromatic N) is 2. The summed E-state index contributed by atoms with van der Waals surface area (Å²) in [5.74, 6) is 1.67. The molecule has 0 fully saturated rings. The predicted octanol–water partition coefficient (Wildman–Crippen LogP) is 2.83. The molecule has 5 nitrogen and oxygen atoms in total. The van der Waals surface area contributed by atoms with Gasteiger partial charge in [-0.1, -0.05) is 23.8 Å². The van der Waals surface area contributed by atoms with Crippen LogP contribution in [0.4, 0.5) is 4.79 Å². The second kappa shape index (κ2) is 5.63. The molecule has 3 rings (SSSR count). The molecule has 2 atom stereocenters. The molecule has 3 aliphatic heterocycles. The molecule has 118 valence electrons. The number of carbonyl (C=O) groups excluding carboxylic acids is 1. The van der Waals surface area contributed by atoms with E-state index in [9.17, 15) is 4.79 Å². The molecular formula is C17H23N3O2. The quantitative estimate of drug-likeness (QED) is 0.758. The van der Waals surface area contributed by atoms with E-state index in [0.29, 0.717) is 24.9 Å². The minimum Gasteiger partial charge on any atom is -0.444 e. The average molecular weight is 301 g/mol. The molecule has 0 radical (unpaired) electrons. The maximum Gasteiger partial charge on any atom is 0.410 e. The van der Waals surface area contributed by atoms with E-state index in [1.165, 1.54) is 5.57 Å². The minimum absolute atomic E-state index is 0.230. The van der Waals surface area contributed by atoms with E-state index < -0.39 is 5.60 Å². The van der Waals surface area contributed by atoms with Gasteiger partial charge < -0.3 is 15.0 Å². The number of ether oxygens (including phenoxy) is 1. The Morgan fingerprint density at radius 3 is 2.86 bits per heavy atom. The van der Waals surface area contributed by atoms with Crippen molar-refractivity contribution in [2.24, 2.45) is 16.8 Å². The summed E-state index contributed by atoms with van der Waals surface area (Å²) >= 11 is 0. The van der Waals surface area contributed by atoms with Crippen LogP contribution in [0, 0.1) is 11.8 Å². The SMILES string of the molecule is CC(C)(C)OC(=O)N1CC=C(C2C=CN=C3NC=CC32)CC1. The molecule has 0 aliphatic carbocycles. The standard InChI is InChI=1S/C17H23N3O2/c1-17(2,3)22-16(21)20-10-6-12(7-11-20)13-4-8-18-15-14(13)5-9-19-15/h4-6,8-9,13-14H,7,10-11H2,1-3H3,(H,18,19). The van der Waals surface area contributed by atoms with Crippen LogP contribution in [0.5, 0.6) is 0 Å². The largest absolute Gasteiger partial charge is 0.444 e. The van der Waals surface area contributed by atoms with Crippen molar-refractivity contribution in [1.82, 2.24) is 10.2 Å². The lowest BCUT2D eigenvalue weighted by Crippen LogP contribution is -2.40. The Morgan fingerprint density at radius 1 is 1.36 bits per heavy atom. The highest BCUT2D eigenvalue weighted by Crippen LogP contribution is 2.33. The summed E-state index contributed by atoms with van der Waals surface area (Å²) < 4.78 is 5.43. The Labute approximate surface area is 131 Å². The van der Waals surface area contributed by atoms with Crippen LogP contribution in [0.1, 0.15) is 27.2 Å². The first-order valence-corrected chi connectivity index (χ1v) is 7.78. The summed E-state index contributed by atoms with van der Waals surface area (Å²) in [7, 11) is 0. The molecule has 0 bridgehead atoms. The van der Waals surface area contributed by atoms with Crippen molar-refractivity contribution in [3.63, 3.8) is 0 Å². The van der Waals surface area contributed by atoms with Gasteiger partial charge in [-0.2, -0.15) is 0 Å². The van der Waals surface area contributed by atoms with Crippen LogP contribution in [-0.4, -0.2) is 35.5 Å². The fourth-order valence-electron chi connectivity index (χ4n) is 3.01. The number of hydrogen-bond acceptors (Lipinski definition) is 4. The normalized spacial score (nSPS) is 27.0. The number of carbonyl (C=O) groups is 1. The maximum atomic E-state index is 12.1. The van der Waals surface area contributed by atoms with Crippen molar-refractivity contribution < 1.29 is 9.53 Å².